The summed E-state index contributed by atoms with van der Waals surface area (Å²) in [4.78, 5) is 0. The first-order valence-electron chi connectivity index (χ1n) is 5.84. The first-order valence-corrected chi connectivity index (χ1v) is 5.84. The van der Waals surface area contributed by atoms with Crippen molar-refractivity contribution >= 4 is 0 Å². The lowest BCUT2D eigenvalue weighted by Gasteiger charge is -2.14. The molecule has 0 nitrogen and oxygen atoms in total. The van der Waals surface area contributed by atoms with Gasteiger partial charge in [-0.05, 0) is 30.6 Å². The average molecular weight is 166 g/mol. The van der Waals surface area contributed by atoms with Crippen LogP contribution in [0.5, 0.6) is 0 Å². The highest BCUT2D eigenvalue weighted by molar-refractivity contribution is 4.78. The third kappa shape index (κ3) is 2.02. The zero-order valence-corrected chi connectivity index (χ0v) is 8.39. The summed E-state index contributed by atoms with van der Waals surface area (Å²) in [7, 11) is 0. The van der Waals surface area contributed by atoms with Crippen LogP contribution in [0.2, 0.25) is 0 Å². The molecule has 0 aromatic rings. The average Bonchev–Trinajstić information content (AvgIpc) is 2.49. The second kappa shape index (κ2) is 3.81. The van der Waals surface area contributed by atoms with Gasteiger partial charge in [0, 0.05) is 0 Å². The summed E-state index contributed by atoms with van der Waals surface area (Å²) in [5, 5.41) is 0. The van der Waals surface area contributed by atoms with E-state index in [1.165, 1.54) is 25.7 Å². The minimum Gasteiger partial charge on any atom is -0.0625 e. The molecule has 3 atom stereocenters. The first-order chi connectivity index (χ1) is 5.84. The first kappa shape index (κ1) is 8.59. The molecule has 0 aliphatic heterocycles. The van der Waals surface area contributed by atoms with Crippen molar-refractivity contribution in [3.63, 3.8) is 0 Å². The quantitative estimate of drug-likeness (QED) is 0.510. The number of fused-ring (bicyclic) bond motifs is 2. The van der Waals surface area contributed by atoms with E-state index in [-0.39, 0.29) is 0 Å². The van der Waals surface area contributed by atoms with Crippen LogP contribution in [-0.4, -0.2) is 0 Å². The Hall–Kier alpha value is 0. The standard InChI is InChI=1S/C12H22/c1-10-4-2-3-5-11-6-7-12(8-10)9-11/h10-12H,2-9H2,1H3. The maximum absolute atomic E-state index is 2.46. The SMILES string of the molecule is CC1CCCCC2CCC(C1)C2. The van der Waals surface area contributed by atoms with Crippen LogP contribution in [-0.2, 0) is 0 Å². The molecule has 0 spiro atoms. The van der Waals surface area contributed by atoms with Gasteiger partial charge in [-0.25, -0.2) is 0 Å². The Bertz CT molecular complexity index is 139. The smallest absolute Gasteiger partial charge is 0.0409 e. The fraction of sp³-hybridized carbons (Fsp3) is 1.00. The van der Waals surface area contributed by atoms with E-state index in [9.17, 15) is 0 Å². The monoisotopic (exact) mass is 166 g/mol. The zero-order chi connectivity index (χ0) is 8.39. The van der Waals surface area contributed by atoms with Crippen molar-refractivity contribution in [1.82, 2.24) is 0 Å². The largest absolute Gasteiger partial charge is 0.0625 e. The molecular weight excluding hydrogens is 144 g/mol. The number of rotatable bonds is 0. The summed E-state index contributed by atoms with van der Waals surface area (Å²) in [5.74, 6) is 3.26. The Morgan fingerprint density at radius 1 is 0.750 bits per heavy atom. The molecule has 0 heterocycles. The van der Waals surface area contributed by atoms with Crippen LogP contribution in [0, 0.1) is 17.8 Å². The molecule has 2 saturated carbocycles. The van der Waals surface area contributed by atoms with Gasteiger partial charge in [0.2, 0.25) is 0 Å². The van der Waals surface area contributed by atoms with Gasteiger partial charge in [-0.15, -0.1) is 0 Å². The molecule has 2 aliphatic rings. The normalized spacial score (nSPS) is 43.2. The van der Waals surface area contributed by atoms with Gasteiger partial charge in [-0.2, -0.15) is 0 Å². The van der Waals surface area contributed by atoms with Gasteiger partial charge in [0.15, 0.2) is 0 Å². The molecule has 2 aliphatic carbocycles. The summed E-state index contributed by atoms with van der Waals surface area (Å²) < 4.78 is 0. The molecule has 2 fully saturated rings. The van der Waals surface area contributed by atoms with Gasteiger partial charge in [-0.3, -0.25) is 0 Å². The van der Waals surface area contributed by atoms with Gasteiger partial charge in [-0.1, -0.05) is 45.4 Å². The minimum absolute atomic E-state index is 1.02. The van der Waals surface area contributed by atoms with Crippen molar-refractivity contribution < 1.29 is 0 Å². The van der Waals surface area contributed by atoms with Crippen LogP contribution >= 0.6 is 0 Å². The molecule has 0 heteroatoms. The second-order valence-electron chi connectivity index (χ2n) is 5.17. The van der Waals surface area contributed by atoms with Crippen molar-refractivity contribution in [3.8, 4) is 0 Å². The van der Waals surface area contributed by atoms with E-state index < -0.39 is 0 Å². The molecule has 0 aromatic heterocycles. The molecule has 70 valence electrons. The van der Waals surface area contributed by atoms with E-state index in [4.69, 9.17) is 0 Å². The van der Waals surface area contributed by atoms with E-state index in [0.29, 0.717) is 0 Å². The van der Waals surface area contributed by atoms with E-state index in [2.05, 4.69) is 6.92 Å². The summed E-state index contributed by atoms with van der Waals surface area (Å²) in [6.07, 6.45) is 12.3. The molecule has 2 bridgehead atoms. The van der Waals surface area contributed by atoms with Gasteiger partial charge in [0.1, 0.15) is 0 Å². The molecule has 0 N–H and O–H groups in total. The van der Waals surface area contributed by atoms with Crippen LogP contribution in [0.25, 0.3) is 0 Å². The lowest BCUT2D eigenvalue weighted by Crippen LogP contribution is -2.02. The highest BCUT2D eigenvalue weighted by Gasteiger charge is 2.26. The van der Waals surface area contributed by atoms with Crippen molar-refractivity contribution in [2.45, 2.75) is 58.3 Å². The Kier molecular flexibility index (Phi) is 2.73. The van der Waals surface area contributed by atoms with Gasteiger partial charge in [0.25, 0.3) is 0 Å². The minimum atomic E-state index is 1.02. The second-order valence-corrected chi connectivity index (χ2v) is 5.17. The highest BCUT2D eigenvalue weighted by Crippen LogP contribution is 2.39. The lowest BCUT2D eigenvalue weighted by molar-refractivity contribution is 0.377. The van der Waals surface area contributed by atoms with Gasteiger partial charge in [0.05, 0.1) is 0 Å². The fourth-order valence-corrected chi connectivity index (χ4v) is 3.27. The van der Waals surface area contributed by atoms with Crippen molar-refractivity contribution in [1.29, 1.82) is 0 Å². The third-order valence-corrected chi connectivity index (χ3v) is 3.94. The molecule has 0 aromatic carbocycles. The molecule has 2 rings (SSSR count). The van der Waals surface area contributed by atoms with E-state index >= 15 is 0 Å². The van der Waals surface area contributed by atoms with Gasteiger partial charge >= 0.3 is 0 Å². The van der Waals surface area contributed by atoms with E-state index in [0.717, 1.165) is 17.8 Å². The number of hydrogen-bond acceptors (Lipinski definition) is 0. The predicted molar refractivity (Wildman–Crippen MR) is 53.1 cm³/mol. The predicted octanol–water partition coefficient (Wildman–Crippen LogP) is 4.00. The summed E-state index contributed by atoms with van der Waals surface area (Å²) in [6.45, 7) is 2.46. The maximum Gasteiger partial charge on any atom is -0.0409 e. The van der Waals surface area contributed by atoms with Crippen molar-refractivity contribution in [3.05, 3.63) is 0 Å². The molecule has 3 unspecified atom stereocenters. The Morgan fingerprint density at radius 3 is 2.42 bits per heavy atom. The molecule has 0 amide bonds. The summed E-state index contributed by atoms with van der Waals surface area (Å²) in [5.41, 5.74) is 0. The van der Waals surface area contributed by atoms with Crippen molar-refractivity contribution in [2.75, 3.05) is 0 Å². The molecule has 12 heavy (non-hydrogen) atoms. The molecular formula is C12H22. The topological polar surface area (TPSA) is 0 Å². The van der Waals surface area contributed by atoms with Crippen LogP contribution in [0.1, 0.15) is 58.3 Å². The maximum atomic E-state index is 2.46. The fourth-order valence-electron chi connectivity index (χ4n) is 3.27. The van der Waals surface area contributed by atoms with Crippen LogP contribution in [0.15, 0.2) is 0 Å². The molecule has 0 saturated heterocycles. The molecule has 0 radical (unpaired) electrons. The van der Waals surface area contributed by atoms with E-state index in [1.807, 2.05) is 0 Å². The van der Waals surface area contributed by atoms with Crippen LogP contribution in [0.3, 0.4) is 0 Å². The lowest BCUT2D eigenvalue weighted by atomic mass is 9.92. The zero-order valence-electron chi connectivity index (χ0n) is 8.39. The third-order valence-electron chi connectivity index (χ3n) is 3.94. The van der Waals surface area contributed by atoms with Crippen LogP contribution < -0.4 is 0 Å². The Labute approximate surface area is 76.7 Å². The highest BCUT2D eigenvalue weighted by atomic mass is 14.3. The van der Waals surface area contributed by atoms with E-state index in [1.54, 1.807) is 25.7 Å². The van der Waals surface area contributed by atoms with Gasteiger partial charge < -0.3 is 0 Å². The Balaban J connectivity index is 1.92. The number of hydrogen-bond donors (Lipinski definition) is 0. The van der Waals surface area contributed by atoms with Crippen LogP contribution in [0.4, 0.5) is 0 Å². The summed E-state index contributed by atoms with van der Waals surface area (Å²) >= 11 is 0. The van der Waals surface area contributed by atoms with Crippen molar-refractivity contribution in [2.24, 2.45) is 17.8 Å². The Morgan fingerprint density at radius 2 is 1.50 bits per heavy atom. The summed E-state index contributed by atoms with van der Waals surface area (Å²) in [6, 6.07) is 0.